The van der Waals surface area contributed by atoms with Crippen LogP contribution in [0.25, 0.3) is 0 Å². The normalized spacial score (nSPS) is 21.8. The molecular formula is C18H24N2O5S. The molecule has 26 heavy (non-hydrogen) atoms. The Morgan fingerprint density at radius 3 is 2.46 bits per heavy atom. The number of amides is 1. The van der Waals surface area contributed by atoms with Crippen molar-refractivity contribution in [3.63, 3.8) is 0 Å². The largest absolute Gasteiger partial charge is 0.481 e. The van der Waals surface area contributed by atoms with Crippen LogP contribution in [0.2, 0.25) is 0 Å². The molecule has 1 amide bonds. The predicted octanol–water partition coefficient (Wildman–Crippen LogP) is 1.70. The first-order valence-corrected chi connectivity index (χ1v) is 10.3. The van der Waals surface area contributed by atoms with Crippen LogP contribution in [-0.4, -0.2) is 49.4 Å². The third-order valence-electron chi connectivity index (χ3n) is 5.32. The number of carbonyl (C=O) groups excluding carboxylic acids is 1. The fourth-order valence-corrected chi connectivity index (χ4v) is 5.06. The Labute approximate surface area is 153 Å². The lowest BCUT2D eigenvalue weighted by Gasteiger charge is -2.32. The Balaban J connectivity index is 1.70. The molecule has 1 saturated carbocycles. The first-order valence-electron chi connectivity index (χ1n) is 8.79. The standard InChI is InChI=1S/C18H24N2O5S/c1-12(2)19-26(24,25)14-5-3-4-13(10-14)16(21)20-8-6-18(7-9-20)11-15(18)17(22)23/h3-5,10,12,15,19H,6-9,11H2,1-2H3,(H,22,23). The molecule has 2 aliphatic rings. The molecule has 0 bridgehead atoms. The molecule has 2 N–H and O–H groups in total. The lowest BCUT2D eigenvalue weighted by molar-refractivity contribution is -0.139. The van der Waals surface area contributed by atoms with Crippen LogP contribution in [-0.2, 0) is 14.8 Å². The number of hydrogen-bond acceptors (Lipinski definition) is 4. The van der Waals surface area contributed by atoms with Crippen molar-refractivity contribution < 1.29 is 23.1 Å². The molecule has 8 heteroatoms. The highest BCUT2D eigenvalue weighted by Crippen LogP contribution is 2.59. The van der Waals surface area contributed by atoms with E-state index in [1.807, 2.05) is 0 Å². The van der Waals surface area contributed by atoms with Gasteiger partial charge in [-0.2, -0.15) is 0 Å². The fourth-order valence-electron chi connectivity index (χ4n) is 3.76. The Hall–Kier alpha value is -1.93. The summed E-state index contributed by atoms with van der Waals surface area (Å²) >= 11 is 0. The highest BCUT2D eigenvalue weighted by molar-refractivity contribution is 7.89. The van der Waals surface area contributed by atoms with E-state index in [0.29, 0.717) is 37.9 Å². The van der Waals surface area contributed by atoms with Gasteiger partial charge in [0.05, 0.1) is 10.8 Å². The van der Waals surface area contributed by atoms with Gasteiger partial charge in [0.2, 0.25) is 10.0 Å². The molecule has 0 aromatic heterocycles. The van der Waals surface area contributed by atoms with Crippen molar-refractivity contribution in [3.8, 4) is 0 Å². The van der Waals surface area contributed by atoms with Crippen molar-refractivity contribution in [1.82, 2.24) is 9.62 Å². The van der Waals surface area contributed by atoms with E-state index in [2.05, 4.69) is 4.72 Å². The number of aliphatic carboxylic acids is 1. The SMILES string of the molecule is CC(C)NS(=O)(=O)c1cccc(C(=O)N2CCC3(CC2)CC3C(=O)O)c1. The van der Waals surface area contributed by atoms with Crippen molar-refractivity contribution in [2.24, 2.45) is 11.3 Å². The number of likely N-dealkylation sites (tertiary alicyclic amines) is 1. The summed E-state index contributed by atoms with van der Waals surface area (Å²) in [6.07, 6.45) is 2.06. The van der Waals surface area contributed by atoms with Gasteiger partial charge in [-0.15, -0.1) is 0 Å². The molecule has 1 unspecified atom stereocenters. The number of nitrogens with one attached hydrogen (secondary N) is 1. The van der Waals surface area contributed by atoms with E-state index in [1.165, 1.54) is 12.1 Å². The Kier molecular flexibility index (Phi) is 4.83. The van der Waals surface area contributed by atoms with E-state index >= 15 is 0 Å². The number of carbonyl (C=O) groups is 2. The average molecular weight is 380 g/mol. The number of carboxylic acids is 1. The number of hydrogen-bond donors (Lipinski definition) is 2. The Morgan fingerprint density at radius 1 is 1.27 bits per heavy atom. The molecule has 1 saturated heterocycles. The lowest BCUT2D eigenvalue weighted by Crippen LogP contribution is -2.40. The molecule has 1 aromatic carbocycles. The van der Waals surface area contributed by atoms with Gasteiger partial charge in [-0.3, -0.25) is 9.59 Å². The minimum absolute atomic E-state index is 0.0682. The Morgan fingerprint density at radius 2 is 1.92 bits per heavy atom. The molecule has 1 atom stereocenters. The lowest BCUT2D eigenvalue weighted by atomic mass is 9.90. The molecule has 1 aromatic rings. The third kappa shape index (κ3) is 3.61. The molecule has 1 aliphatic heterocycles. The van der Waals surface area contributed by atoms with Gasteiger partial charge in [0.15, 0.2) is 0 Å². The highest BCUT2D eigenvalue weighted by Gasteiger charge is 2.59. The van der Waals surface area contributed by atoms with Crippen LogP contribution in [0.4, 0.5) is 0 Å². The summed E-state index contributed by atoms with van der Waals surface area (Å²) in [7, 11) is -3.66. The summed E-state index contributed by atoms with van der Waals surface area (Å²) < 4.78 is 27.1. The first kappa shape index (κ1) is 18.8. The van der Waals surface area contributed by atoms with Gasteiger partial charge in [0, 0.05) is 24.7 Å². The van der Waals surface area contributed by atoms with E-state index < -0.39 is 16.0 Å². The fraction of sp³-hybridized carbons (Fsp3) is 0.556. The van der Waals surface area contributed by atoms with Crippen LogP contribution in [0, 0.1) is 11.3 Å². The average Bonchev–Trinajstić information content (AvgIpc) is 3.28. The number of piperidine rings is 1. The Bertz CT molecular complexity index is 826. The van der Waals surface area contributed by atoms with E-state index in [9.17, 15) is 18.0 Å². The molecule has 1 spiro atoms. The molecule has 1 aliphatic carbocycles. The minimum Gasteiger partial charge on any atom is -0.481 e. The zero-order valence-corrected chi connectivity index (χ0v) is 15.8. The maximum Gasteiger partial charge on any atom is 0.307 e. The number of rotatable bonds is 5. The minimum atomic E-state index is -3.66. The summed E-state index contributed by atoms with van der Waals surface area (Å²) in [5.41, 5.74) is 0.188. The summed E-state index contributed by atoms with van der Waals surface area (Å²) in [6, 6.07) is 5.80. The van der Waals surface area contributed by atoms with Gasteiger partial charge in [-0.05, 0) is 56.7 Å². The smallest absolute Gasteiger partial charge is 0.307 e. The van der Waals surface area contributed by atoms with Crippen molar-refractivity contribution in [2.75, 3.05) is 13.1 Å². The number of carboxylic acid groups (broad SMARTS) is 1. The summed E-state index contributed by atoms with van der Waals surface area (Å²) in [6.45, 7) is 4.48. The molecule has 2 fully saturated rings. The van der Waals surface area contributed by atoms with Crippen LogP contribution in [0.3, 0.4) is 0 Å². The van der Waals surface area contributed by atoms with Crippen molar-refractivity contribution in [2.45, 2.75) is 44.0 Å². The molecular weight excluding hydrogens is 356 g/mol. The van der Waals surface area contributed by atoms with Crippen molar-refractivity contribution >= 4 is 21.9 Å². The van der Waals surface area contributed by atoms with Gasteiger partial charge in [-0.1, -0.05) is 6.07 Å². The second-order valence-electron chi connectivity index (χ2n) is 7.55. The molecule has 1 heterocycles. The maximum absolute atomic E-state index is 12.7. The summed E-state index contributed by atoms with van der Waals surface area (Å²) in [5.74, 6) is -1.25. The topological polar surface area (TPSA) is 104 Å². The first-order chi connectivity index (χ1) is 12.1. The van der Waals surface area contributed by atoms with Crippen LogP contribution >= 0.6 is 0 Å². The van der Waals surface area contributed by atoms with E-state index in [-0.39, 0.29) is 28.2 Å². The predicted molar refractivity (Wildman–Crippen MR) is 95.2 cm³/mol. The highest BCUT2D eigenvalue weighted by atomic mass is 32.2. The number of sulfonamides is 1. The summed E-state index contributed by atoms with van der Waals surface area (Å²) in [4.78, 5) is 25.6. The van der Waals surface area contributed by atoms with E-state index in [4.69, 9.17) is 5.11 Å². The third-order valence-corrected chi connectivity index (χ3v) is 6.97. The van der Waals surface area contributed by atoms with E-state index in [0.717, 1.165) is 0 Å². The van der Waals surface area contributed by atoms with Crippen molar-refractivity contribution in [3.05, 3.63) is 29.8 Å². The number of nitrogens with zero attached hydrogens (tertiary/aromatic N) is 1. The molecule has 7 nitrogen and oxygen atoms in total. The van der Waals surface area contributed by atoms with Gasteiger partial charge in [0.25, 0.3) is 5.91 Å². The molecule has 3 rings (SSSR count). The summed E-state index contributed by atoms with van der Waals surface area (Å²) in [5, 5.41) is 9.15. The van der Waals surface area contributed by atoms with Crippen LogP contribution in [0.5, 0.6) is 0 Å². The van der Waals surface area contributed by atoms with Gasteiger partial charge in [-0.25, -0.2) is 13.1 Å². The van der Waals surface area contributed by atoms with Gasteiger partial charge >= 0.3 is 5.97 Å². The van der Waals surface area contributed by atoms with Gasteiger partial charge in [0.1, 0.15) is 0 Å². The maximum atomic E-state index is 12.7. The quantitative estimate of drug-likeness (QED) is 0.809. The number of benzene rings is 1. The monoisotopic (exact) mass is 380 g/mol. The zero-order chi connectivity index (χ0) is 19.1. The van der Waals surface area contributed by atoms with Crippen LogP contribution in [0.15, 0.2) is 29.2 Å². The van der Waals surface area contributed by atoms with E-state index in [1.54, 1.807) is 30.9 Å². The van der Waals surface area contributed by atoms with Crippen LogP contribution < -0.4 is 4.72 Å². The molecule has 142 valence electrons. The van der Waals surface area contributed by atoms with Crippen molar-refractivity contribution in [1.29, 1.82) is 0 Å². The zero-order valence-electron chi connectivity index (χ0n) is 14.9. The van der Waals surface area contributed by atoms with Gasteiger partial charge < -0.3 is 10.0 Å². The molecule has 0 radical (unpaired) electrons. The van der Waals surface area contributed by atoms with Crippen LogP contribution in [0.1, 0.15) is 43.5 Å². The second-order valence-corrected chi connectivity index (χ2v) is 9.27. The second kappa shape index (κ2) is 6.66.